The number of nitrogens with two attached hydrogens (primary N) is 2. The molecule has 4 N–H and O–H groups in total. The molecular weight excluding hydrogens is 124 g/mol. The fraction of sp³-hybridized carbons (Fsp3) is 1.00. The first kappa shape index (κ1) is 8.02. The van der Waals surface area contributed by atoms with Crippen LogP contribution in [0.3, 0.4) is 0 Å². The Morgan fingerprint density at radius 1 is 1.40 bits per heavy atom. The van der Waals surface area contributed by atoms with E-state index < -0.39 is 0 Å². The Labute approximate surface area is 63.0 Å². The van der Waals surface area contributed by atoms with Crippen molar-refractivity contribution < 1.29 is 0 Å². The molecule has 0 spiro atoms. The summed E-state index contributed by atoms with van der Waals surface area (Å²) >= 11 is 0. The minimum absolute atomic E-state index is 0.405. The van der Waals surface area contributed by atoms with E-state index in [2.05, 4.69) is 6.92 Å². The van der Waals surface area contributed by atoms with Gasteiger partial charge in [0.05, 0.1) is 0 Å². The van der Waals surface area contributed by atoms with Gasteiger partial charge in [-0.3, -0.25) is 0 Å². The van der Waals surface area contributed by atoms with Crippen LogP contribution in [0.1, 0.15) is 26.2 Å². The van der Waals surface area contributed by atoms with Crippen LogP contribution in [-0.4, -0.2) is 12.6 Å². The smallest absolute Gasteiger partial charge is 0.00676 e. The Hall–Kier alpha value is -0.0800. The Balaban J connectivity index is 2.42. The molecule has 10 heavy (non-hydrogen) atoms. The lowest BCUT2D eigenvalue weighted by molar-refractivity contribution is 0.228. The molecule has 2 nitrogen and oxygen atoms in total. The maximum Gasteiger partial charge on any atom is 0.00676 e. The van der Waals surface area contributed by atoms with Gasteiger partial charge in [-0.2, -0.15) is 0 Å². The van der Waals surface area contributed by atoms with Crippen molar-refractivity contribution in [2.24, 2.45) is 23.3 Å². The zero-order valence-electron chi connectivity index (χ0n) is 6.72. The standard InChI is InChI=1S/C8H18N2/c1-6-7(5-9)3-2-4-8(6)10/h6-8H,2-5,9-10H2,1H3. The summed E-state index contributed by atoms with van der Waals surface area (Å²) in [6.07, 6.45) is 3.75. The van der Waals surface area contributed by atoms with Gasteiger partial charge in [0.2, 0.25) is 0 Å². The lowest BCUT2D eigenvalue weighted by Gasteiger charge is -2.32. The highest BCUT2D eigenvalue weighted by atomic mass is 14.7. The van der Waals surface area contributed by atoms with Gasteiger partial charge in [0.1, 0.15) is 0 Å². The highest BCUT2D eigenvalue weighted by Crippen LogP contribution is 2.27. The first-order valence-electron chi connectivity index (χ1n) is 4.21. The van der Waals surface area contributed by atoms with Crippen LogP contribution >= 0.6 is 0 Å². The maximum absolute atomic E-state index is 5.89. The summed E-state index contributed by atoms with van der Waals surface area (Å²) in [6.45, 7) is 3.04. The van der Waals surface area contributed by atoms with Gasteiger partial charge in [0, 0.05) is 6.04 Å². The summed E-state index contributed by atoms with van der Waals surface area (Å²) < 4.78 is 0. The largest absolute Gasteiger partial charge is 0.330 e. The molecule has 1 aliphatic rings. The van der Waals surface area contributed by atoms with Gasteiger partial charge in [-0.15, -0.1) is 0 Å². The second-order valence-corrected chi connectivity index (χ2v) is 3.45. The molecule has 0 aromatic heterocycles. The highest BCUT2D eigenvalue weighted by molar-refractivity contribution is 4.81. The molecule has 1 aliphatic carbocycles. The van der Waals surface area contributed by atoms with Gasteiger partial charge in [-0.25, -0.2) is 0 Å². The third-order valence-corrected chi connectivity index (χ3v) is 2.83. The van der Waals surface area contributed by atoms with E-state index in [4.69, 9.17) is 11.5 Å². The van der Waals surface area contributed by atoms with E-state index in [1.165, 1.54) is 19.3 Å². The highest BCUT2D eigenvalue weighted by Gasteiger charge is 2.25. The van der Waals surface area contributed by atoms with Crippen molar-refractivity contribution in [2.75, 3.05) is 6.54 Å². The monoisotopic (exact) mass is 142 g/mol. The summed E-state index contributed by atoms with van der Waals surface area (Å²) in [5.41, 5.74) is 11.5. The third-order valence-electron chi connectivity index (χ3n) is 2.83. The van der Waals surface area contributed by atoms with Gasteiger partial charge < -0.3 is 11.5 Å². The SMILES string of the molecule is CC1C(N)CCCC1CN. The molecule has 1 fully saturated rings. The normalized spacial score (nSPS) is 41.7. The van der Waals surface area contributed by atoms with Crippen LogP contribution in [0, 0.1) is 11.8 Å². The lowest BCUT2D eigenvalue weighted by Crippen LogP contribution is -2.39. The first-order chi connectivity index (χ1) is 4.75. The third kappa shape index (κ3) is 1.50. The van der Waals surface area contributed by atoms with Crippen LogP contribution < -0.4 is 11.5 Å². The van der Waals surface area contributed by atoms with Crippen molar-refractivity contribution in [1.29, 1.82) is 0 Å². The maximum atomic E-state index is 5.89. The second kappa shape index (κ2) is 3.35. The lowest BCUT2D eigenvalue weighted by atomic mass is 9.77. The van der Waals surface area contributed by atoms with Crippen LogP contribution in [0.15, 0.2) is 0 Å². The second-order valence-electron chi connectivity index (χ2n) is 3.45. The topological polar surface area (TPSA) is 52.0 Å². The van der Waals surface area contributed by atoms with Gasteiger partial charge in [0.25, 0.3) is 0 Å². The van der Waals surface area contributed by atoms with Crippen LogP contribution in [0.25, 0.3) is 0 Å². The Morgan fingerprint density at radius 3 is 2.60 bits per heavy atom. The minimum atomic E-state index is 0.405. The zero-order valence-corrected chi connectivity index (χ0v) is 6.72. The molecule has 0 radical (unpaired) electrons. The molecule has 3 atom stereocenters. The zero-order chi connectivity index (χ0) is 7.56. The van der Waals surface area contributed by atoms with Gasteiger partial charge in [-0.1, -0.05) is 13.3 Å². The van der Waals surface area contributed by atoms with Crippen LogP contribution in [0.4, 0.5) is 0 Å². The van der Waals surface area contributed by atoms with E-state index in [1.54, 1.807) is 0 Å². The quantitative estimate of drug-likeness (QED) is 0.566. The van der Waals surface area contributed by atoms with E-state index in [0.717, 1.165) is 6.54 Å². The predicted octanol–water partition coefficient (Wildman–Crippen LogP) is 0.709. The Bertz CT molecular complexity index is 103. The van der Waals surface area contributed by atoms with Gasteiger partial charge in [0.15, 0.2) is 0 Å². The van der Waals surface area contributed by atoms with Crippen molar-refractivity contribution >= 4 is 0 Å². The summed E-state index contributed by atoms with van der Waals surface area (Å²) in [6, 6.07) is 0.405. The van der Waals surface area contributed by atoms with Crippen LogP contribution in [0.2, 0.25) is 0 Å². The van der Waals surface area contributed by atoms with Crippen molar-refractivity contribution in [3.05, 3.63) is 0 Å². The summed E-state index contributed by atoms with van der Waals surface area (Å²) in [4.78, 5) is 0. The number of hydrogen-bond acceptors (Lipinski definition) is 2. The van der Waals surface area contributed by atoms with Gasteiger partial charge >= 0.3 is 0 Å². The molecule has 0 aromatic carbocycles. The molecule has 1 rings (SSSR count). The van der Waals surface area contributed by atoms with E-state index in [9.17, 15) is 0 Å². The van der Waals surface area contributed by atoms with E-state index >= 15 is 0 Å². The summed E-state index contributed by atoms with van der Waals surface area (Å²) in [5.74, 6) is 1.32. The summed E-state index contributed by atoms with van der Waals surface area (Å²) in [7, 11) is 0. The van der Waals surface area contributed by atoms with E-state index in [-0.39, 0.29) is 0 Å². The predicted molar refractivity (Wildman–Crippen MR) is 43.5 cm³/mol. The molecule has 2 heteroatoms. The van der Waals surface area contributed by atoms with Crippen LogP contribution in [0.5, 0.6) is 0 Å². The fourth-order valence-corrected chi connectivity index (χ4v) is 1.82. The van der Waals surface area contributed by atoms with Crippen molar-refractivity contribution in [3.63, 3.8) is 0 Å². The molecule has 0 bridgehead atoms. The minimum Gasteiger partial charge on any atom is -0.330 e. The van der Waals surface area contributed by atoms with Crippen molar-refractivity contribution in [3.8, 4) is 0 Å². The first-order valence-corrected chi connectivity index (χ1v) is 4.21. The van der Waals surface area contributed by atoms with Crippen molar-refractivity contribution in [1.82, 2.24) is 0 Å². The van der Waals surface area contributed by atoms with E-state index in [0.29, 0.717) is 17.9 Å². The van der Waals surface area contributed by atoms with Gasteiger partial charge in [-0.05, 0) is 31.2 Å². The molecule has 0 aromatic rings. The molecule has 3 unspecified atom stereocenters. The number of hydrogen-bond donors (Lipinski definition) is 2. The summed E-state index contributed by atoms with van der Waals surface area (Å²) in [5, 5.41) is 0. The van der Waals surface area contributed by atoms with E-state index in [1.807, 2.05) is 0 Å². The molecule has 0 heterocycles. The van der Waals surface area contributed by atoms with Crippen LogP contribution in [-0.2, 0) is 0 Å². The molecule has 60 valence electrons. The Kier molecular flexibility index (Phi) is 2.69. The molecular formula is C8H18N2. The average Bonchev–Trinajstić information content (AvgIpc) is 1.95. The molecule has 0 amide bonds. The fourth-order valence-electron chi connectivity index (χ4n) is 1.82. The average molecular weight is 142 g/mol. The number of rotatable bonds is 1. The Morgan fingerprint density at radius 2 is 2.10 bits per heavy atom. The molecule has 0 saturated heterocycles. The van der Waals surface area contributed by atoms with Crippen molar-refractivity contribution in [2.45, 2.75) is 32.2 Å². The molecule has 0 aliphatic heterocycles. The molecule has 1 saturated carbocycles.